The zero-order valence-corrected chi connectivity index (χ0v) is 10.3. The van der Waals surface area contributed by atoms with Gasteiger partial charge in [0.1, 0.15) is 5.82 Å². The highest BCUT2D eigenvalue weighted by Gasteiger charge is 2.06. The molecule has 17 heavy (non-hydrogen) atoms. The van der Waals surface area contributed by atoms with Crippen molar-refractivity contribution in [2.45, 2.75) is 25.4 Å². The maximum absolute atomic E-state index is 12.7. The molecule has 2 aromatic rings. The molecule has 3 heteroatoms. The number of benzene rings is 1. The van der Waals surface area contributed by atoms with Crippen LogP contribution >= 0.6 is 11.3 Å². The molecule has 0 fully saturated rings. The van der Waals surface area contributed by atoms with Gasteiger partial charge in [-0.1, -0.05) is 18.2 Å². The molecule has 1 aromatic carbocycles. The summed E-state index contributed by atoms with van der Waals surface area (Å²) in [6, 6.07) is 10.4. The van der Waals surface area contributed by atoms with E-state index in [9.17, 15) is 9.50 Å². The molecule has 1 unspecified atom stereocenters. The molecule has 1 atom stereocenters. The fourth-order valence-corrected chi connectivity index (χ4v) is 2.48. The Balaban J connectivity index is 1.80. The largest absolute Gasteiger partial charge is 0.393 e. The Bertz CT molecular complexity index is 436. The third-order valence-corrected chi connectivity index (χ3v) is 3.62. The fourth-order valence-electron chi connectivity index (χ4n) is 1.76. The number of hydrogen-bond donors (Lipinski definition) is 1. The van der Waals surface area contributed by atoms with Crippen LogP contribution in [0.1, 0.15) is 16.9 Å². The molecule has 0 radical (unpaired) electrons. The van der Waals surface area contributed by atoms with Crippen molar-refractivity contribution in [2.75, 3.05) is 0 Å². The summed E-state index contributed by atoms with van der Waals surface area (Å²) >= 11 is 1.71. The first-order valence-corrected chi connectivity index (χ1v) is 6.57. The quantitative estimate of drug-likeness (QED) is 0.862. The lowest BCUT2D eigenvalue weighted by atomic mass is 10.0. The first kappa shape index (κ1) is 12.3. The molecular formula is C14H15FOS. The molecule has 1 heterocycles. The first-order chi connectivity index (χ1) is 8.24. The molecule has 2 rings (SSSR count). The Morgan fingerprint density at radius 2 is 1.94 bits per heavy atom. The number of rotatable bonds is 5. The Morgan fingerprint density at radius 1 is 1.18 bits per heavy atom. The highest BCUT2D eigenvalue weighted by molar-refractivity contribution is 7.09. The van der Waals surface area contributed by atoms with Gasteiger partial charge in [-0.25, -0.2) is 4.39 Å². The summed E-state index contributed by atoms with van der Waals surface area (Å²) in [6.07, 6.45) is 1.88. The van der Waals surface area contributed by atoms with Crippen LogP contribution in [0.2, 0.25) is 0 Å². The number of thiophene rings is 1. The van der Waals surface area contributed by atoms with Gasteiger partial charge in [0.25, 0.3) is 0 Å². The second-order valence-corrected chi connectivity index (χ2v) is 5.13. The van der Waals surface area contributed by atoms with Gasteiger partial charge in [-0.3, -0.25) is 0 Å². The van der Waals surface area contributed by atoms with Crippen LogP contribution in [0.15, 0.2) is 41.8 Å². The lowest BCUT2D eigenvalue weighted by molar-refractivity contribution is 0.165. The number of aliphatic hydroxyl groups excluding tert-OH is 1. The van der Waals surface area contributed by atoms with E-state index in [0.29, 0.717) is 6.42 Å². The van der Waals surface area contributed by atoms with Crippen molar-refractivity contribution < 1.29 is 9.50 Å². The van der Waals surface area contributed by atoms with Gasteiger partial charge in [-0.05, 0) is 48.4 Å². The molecule has 0 saturated heterocycles. The molecular weight excluding hydrogens is 235 g/mol. The average molecular weight is 250 g/mol. The van der Waals surface area contributed by atoms with Gasteiger partial charge in [-0.15, -0.1) is 11.3 Å². The van der Waals surface area contributed by atoms with Crippen LogP contribution in [-0.2, 0) is 12.8 Å². The molecule has 1 nitrogen and oxygen atoms in total. The topological polar surface area (TPSA) is 20.2 Å². The summed E-state index contributed by atoms with van der Waals surface area (Å²) in [7, 11) is 0. The predicted octanol–water partition coefficient (Wildman–Crippen LogP) is 3.42. The van der Waals surface area contributed by atoms with Gasteiger partial charge in [-0.2, -0.15) is 0 Å². The van der Waals surface area contributed by atoms with E-state index in [0.717, 1.165) is 18.4 Å². The van der Waals surface area contributed by atoms with E-state index < -0.39 is 0 Å². The van der Waals surface area contributed by atoms with Crippen molar-refractivity contribution in [3.05, 3.63) is 58.0 Å². The molecule has 0 aliphatic heterocycles. The normalized spacial score (nSPS) is 12.6. The Morgan fingerprint density at radius 3 is 2.59 bits per heavy atom. The average Bonchev–Trinajstić information content (AvgIpc) is 2.83. The molecule has 1 N–H and O–H groups in total. The monoisotopic (exact) mass is 250 g/mol. The molecule has 0 amide bonds. The molecule has 0 saturated carbocycles. The van der Waals surface area contributed by atoms with Crippen LogP contribution in [0.4, 0.5) is 4.39 Å². The van der Waals surface area contributed by atoms with Gasteiger partial charge < -0.3 is 5.11 Å². The van der Waals surface area contributed by atoms with Crippen LogP contribution in [0, 0.1) is 5.82 Å². The number of aryl methyl sites for hydroxylation is 1. The van der Waals surface area contributed by atoms with E-state index in [2.05, 4.69) is 6.07 Å². The summed E-state index contributed by atoms with van der Waals surface area (Å²) < 4.78 is 12.7. The Kier molecular flexibility index (Phi) is 4.29. The van der Waals surface area contributed by atoms with E-state index in [1.54, 1.807) is 23.5 Å². The Hall–Kier alpha value is -1.19. The summed E-state index contributed by atoms with van der Waals surface area (Å²) in [5, 5.41) is 11.9. The van der Waals surface area contributed by atoms with E-state index in [1.807, 2.05) is 11.4 Å². The van der Waals surface area contributed by atoms with Crippen LogP contribution < -0.4 is 0 Å². The second-order valence-electron chi connectivity index (χ2n) is 4.10. The summed E-state index contributed by atoms with van der Waals surface area (Å²) in [5.74, 6) is -0.234. The standard InChI is InChI=1S/C14H15FOS/c15-12-5-3-11(4-6-12)10-13(16)7-8-14-2-1-9-17-14/h1-6,9,13,16H,7-8,10H2. The zero-order valence-electron chi connectivity index (χ0n) is 9.47. The minimum Gasteiger partial charge on any atom is -0.393 e. The van der Waals surface area contributed by atoms with Gasteiger partial charge in [0.2, 0.25) is 0 Å². The number of aliphatic hydroxyl groups is 1. The van der Waals surface area contributed by atoms with Gasteiger partial charge in [0.05, 0.1) is 6.10 Å². The highest BCUT2D eigenvalue weighted by Crippen LogP contribution is 2.14. The first-order valence-electron chi connectivity index (χ1n) is 5.69. The second kappa shape index (κ2) is 5.94. The van der Waals surface area contributed by atoms with Crippen molar-refractivity contribution >= 4 is 11.3 Å². The number of halogens is 1. The minimum absolute atomic E-state index is 0.234. The van der Waals surface area contributed by atoms with Gasteiger partial charge >= 0.3 is 0 Å². The summed E-state index contributed by atoms with van der Waals surface area (Å²) in [6.45, 7) is 0. The van der Waals surface area contributed by atoms with Crippen molar-refractivity contribution in [3.8, 4) is 0 Å². The predicted molar refractivity (Wildman–Crippen MR) is 68.8 cm³/mol. The lowest BCUT2D eigenvalue weighted by Crippen LogP contribution is -2.11. The van der Waals surface area contributed by atoms with E-state index in [4.69, 9.17) is 0 Å². The Labute approximate surface area is 105 Å². The molecule has 0 spiro atoms. The SMILES string of the molecule is OC(CCc1cccs1)Cc1ccc(F)cc1. The lowest BCUT2D eigenvalue weighted by Gasteiger charge is -2.09. The smallest absolute Gasteiger partial charge is 0.123 e. The molecule has 90 valence electrons. The molecule has 0 bridgehead atoms. The maximum Gasteiger partial charge on any atom is 0.123 e. The molecule has 0 aliphatic carbocycles. The van der Waals surface area contributed by atoms with Crippen LogP contribution in [-0.4, -0.2) is 11.2 Å². The van der Waals surface area contributed by atoms with Crippen molar-refractivity contribution in [3.63, 3.8) is 0 Å². The number of hydrogen-bond acceptors (Lipinski definition) is 2. The van der Waals surface area contributed by atoms with E-state index in [-0.39, 0.29) is 11.9 Å². The van der Waals surface area contributed by atoms with E-state index in [1.165, 1.54) is 17.0 Å². The third-order valence-electron chi connectivity index (χ3n) is 2.69. The fraction of sp³-hybridized carbons (Fsp3) is 0.286. The van der Waals surface area contributed by atoms with E-state index >= 15 is 0 Å². The van der Waals surface area contributed by atoms with Crippen molar-refractivity contribution in [2.24, 2.45) is 0 Å². The molecule has 1 aromatic heterocycles. The minimum atomic E-state index is -0.359. The van der Waals surface area contributed by atoms with Crippen LogP contribution in [0.25, 0.3) is 0 Å². The molecule has 0 aliphatic rings. The third kappa shape index (κ3) is 3.95. The van der Waals surface area contributed by atoms with Crippen LogP contribution in [0.5, 0.6) is 0 Å². The van der Waals surface area contributed by atoms with Gasteiger partial charge in [0.15, 0.2) is 0 Å². The van der Waals surface area contributed by atoms with Gasteiger partial charge in [0, 0.05) is 4.88 Å². The highest BCUT2D eigenvalue weighted by atomic mass is 32.1. The van der Waals surface area contributed by atoms with Crippen molar-refractivity contribution in [1.82, 2.24) is 0 Å². The summed E-state index contributed by atoms with van der Waals surface area (Å²) in [5.41, 5.74) is 0.977. The maximum atomic E-state index is 12.7. The zero-order chi connectivity index (χ0) is 12.1. The summed E-state index contributed by atoms with van der Waals surface area (Å²) in [4.78, 5) is 1.29. The van der Waals surface area contributed by atoms with Crippen molar-refractivity contribution in [1.29, 1.82) is 0 Å². The van der Waals surface area contributed by atoms with Crippen LogP contribution in [0.3, 0.4) is 0 Å².